The number of hydrogen-bond acceptors (Lipinski definition) is 1. The zero-order valence-corrected chi connectivity index (χ0v) is 18.4. The number of benzene rings is 4. The van der Waals surface area contributed by atoms with Gasteiger partial charge in [-0.3, -0.25) is 0 Å². The first-order valence-corrected chi connectivity index (χ1v) is 11.5. The average molecular weight is 424 g/mol. The van der Waals surface area contributed by atoms with Crippen LogP contribution in [-0.4, -0.2) is 0 Å². The van der Waals surface area contributed by atoms with Crippen molar-refractivity contribution in [3.05, 3.63) is 161 Å². The molecule has 0 radical (unpaired) electrons. The molecule has 0 saturated carbocycles. The Balaban J connectivity index is 1.78. The van der Waals surface area contributed by atoms with Crippen molar-refractivity contribution < 1.29 is 0 Å². The molecule has 0 fully saturated rings. The number of fused-ring (bicyclic) bond motifs is 2. The number of anilines is 2. The van der Waals surface area contributed by atoms with Gasteiger partial charge in [0, 0.05) is 11.4 Å². The average Bonchev–Trinajstić information content (AvgIpc) is 2.90. The Labute approximate surface area is 195 Å². The third-order valence-electron chi connectivity index (χ3n) is 6.67. The van der Waals surface area contributed by atoms with E-state index in [-0.39, 0.29) is 0 Å². The summed E-state index contributed by atoms with van der Waals surface area (Å²) < 4.78 is 0. The summed E-state index contributed by atoms with van der Waals surface area (Å²) in [5, 5.41) is 0. The second-order valence-electron chi connectivity index (χ2n) is 8.53. The molecule has 0 saturated heterocycles. The lowest BCUT2D eigenvalue weighted by molar-refractivity contribution is 0.611. The van der Waals surface area contributed by atoms with Gasteiger partial charge in [-0.05, 0) is 64.6 Å². The van der Waals surface area contributed by atoms with E-state index >= 15 is 0 Å². The van der Waals surface area contributed by atoms with Crippen LogP contribution in [0.1, 0.15) is 23.1 Å². The molecular weight excluding hydrogens is 398 g/mol. The van der Waals surface area contributed by atoms with Gasteiger partial charge in [0.15, 0.2) is 0 Å². The summed E-state index contributed by atoms with van der Waals surface area (Å²) in [4.78, 5) is 2.53. The summed E-state index contributed by atoms with van der Waals surface area (Å²) in [5.41, 5.74) is 8.26. The maximum Gasteiger partial charge on any atom is 0.122 e. The summed E-state index contributed by atoms with van der Waals surface area (Å²) in [6.07, 6.45) is 10.2. The fourth-order valence-electron chi connectivity index (χ4n) is 5.39. The number of nitrogens with zero attached hydrogens (tertiary/aromatic N) is 1. The van der Waals surface area contributed by atoms with E-state index in [1.54, 1.807) is 0 Å². The van der Waals surface area contributed by atoms with Crippen LogP contribution in [0, 0.1) is 0 Å². The Morgan fingerprint density at radius 3 is 1.85 bits per heavy atom. The van der Waals surface area contributed by atoms with E-state index in [2.05, 4.69) is 144 Å². The fourth-order valence-corrected chi connectivity index (χ4v) is 5.39. The van der Waals surface area contributed by atoms with E-state index in [1.165, 1.54) is 39.2 Å². The molecule has 33 heavy (non-hydrogen) atoms. The highest BCUT2D eigenvalue weighted by molar-refractivity contribution is 5.83. The fraction of sp³-hybridized carbons (Fsp3) is 0.0625. The van der Waals surface area contributed by atoms with Crippen LogP contribution >= 0.6 is 0 Å². The number of rotatable bonds is 4. The highest BCUT2D eigenvalue weighted by Crippen LogP contribution is 2.55. The number of allylic oxidation sites excluding steroid dienone is 3. The molecule has 0 spiro atoms. The predicted molar refractivity (Wildman–Crippen MR) is 139 cm³/mol. The SMILES string of the molecule is C1=CC2=Cc3ccccc3C(c3ccccc3)(N(c3ccccc3)c3ccccc3)C2=CC1. The maximum atomic E-state index is 2.53. The van der Waals surface area contributed by atoms with E-state index in [9.17, 15) is 0 Å². The smallest absolute Gasteiger partial charge is 0.122 e. The molecule has 0 N–H and O–H groups in total. The lowest BCUT2D eigenvalue weighted by Gasteiger charge is -2.51. The van der Waals surface area contributed by atoms with E-state index < -0.39 is 5.54 Å². The van der Waals surface area contributed by atoms with E-state index in [0.29, 0.717) is 0 Å². The minimum Gasteiger partial charge on any atom is -0.323 e. The molecule has 1 nitrogen and oxygen atoms in total. The van der Waals surface area contributed by atoms with Crippen molar-refractivity contribution in [2.45, 2.75) is 12.0 Å². The largest absolute Gasteiger partial charge is 0.323 e. The van der Waals surface area contributed by atoms with Crippen LogP contribution in [0.25, 0.3) is 6.08 Å². The van der Waals surface area contributed by atoms with Crippen molar-refractivity contribution in [1.29, 1.82) is 0 Å². The van der Waals surface area contributed by atoms with Gasteiger partial charge in [0.05, 0.1) is 0 Å². The summed E-state index contributed by atoms with van der Waals surface area (Å²) in [6, 6.07) is 41.4. The summed E-state index contributed by atoms with van der Waals surface area (Å²) in [5.74, 6) is 0. The zero-order chi connectivity index (χ0) is 22.1. The topological polar surface area (TPSA) is 3.24 Å². The quantitative estimate of drug-likeness (QED) is 0.321. The van der Waals surface area contributed by atoms with Crippen LogP contribution in [0.2, 0.25) is 0 Å². The Hall–Kier alpha value is -4.10. The van der Waals surface area contributed by atoms with Crippen LogP contribution in [0.15, 0.2) is 145 Å². The van der Waals surface area contributed by atoms with Gasteiger partial charge < -0.3 is 4.90 Å². The van der Waals surface area contributed by atoms with Gasteiger partial charge >= 0.3 is 0 Å². The summed E-state index contributed by atoms with van der Waals surface area (Å²) in [7, 11) is 0. The first kappa shape index (κ1) is 19.6. The molecule has 1 heteroatoms. The van der Waals surface area contributed by atoms with Gasteiger partial charge in [-0.2, -0.15) is 0 Å². The minimum atomic E-state index is -0.505. The van der Waals surface area contributed by atoms with Gasteiger partial charge in [-0.1, -0.05) is 109 Å². The van der Waals surface area contributed by atoms with Crippen LogP contribution in [0.3, 0.4) is 0 Å². The molecule has 0 amide bonds. The monoisotopic (exact) mass is 423 g/mol. The molecule has 2 aliphatic carbocycles. The lowest BCUT2D eigenvalue weighted by Crippen LogP contribution is -2.48. The van der Waals surface area contributed by atoms with Crippen molar-refractivity contribution in [3.63, 3.8) is 0 Å². The third kappa shape index (κ3) is 3.08. The van der Waals surface area contributed by atoms with Crippen LogP contribution in [-0.2, 0) is 5.54 Å². The Morgan fingerprint density at radius 2 is 1.18 bits per heavy atom. The van der Waals surface area contributed by atoms with E-state index in [4.69, 9.17) is 0 Å². The van der Waals surface area contributed by atoms with Crippen LogP contribution < -0.4 is 4.90 Å². The zero-order valence-electron chi connectivity index (χ0n) is 18.4. The number of hydrogen-bond donors (Lipinski definition) is 0. The standard InChI is InChI=1S/C32H25N/c1-4-16-27(17-5-1)32(33(28-18-6-2-7-19-28)29-20-8-3-9-21-29)30-22-12-10-14-25(30)24-26-15-11-13-23-31(26)32/h1-12,14-24H,13H2. The Morgan fingerprint density at radius 1 is 0.606 bits per heavy atom. The second-order valence-corrected chi connectivity index (χ2v) is 8.53. The van der Waals surface area contributed by atoms with Gasteiger partial charge in [0.25, 0.3) is 0 Å². The Kier molecular flexibility index (Phi) is 4.81. The highest BCUT2D eigenvalue weighted by atomic mass is 15.2. The lowest BCUT2D eigenvalue weighted by atomic mass is 9.66. The summed E-state index contributed by atoms with van der Waals surface area (Å²) in [6.45, 7) is 0. The van der Waals surface area contributed by atoms with Crippen molar-refractivity contribution in [2.75, 3.05) is 4.90 Å². The van der Waals surface area contributed by atoms with E-state index in [1.807, 2.05) is 0 Å². The maximum absolute atomic E-state index is 2.53. The molecular formula is C32H25N. The van der Waals surface area contributed by atoms with Gasteiger partial charge in [0.1, 0.15) is 5.54 Å². The van der Waals surface area contributed by atoms with Crippen LogP contribution in [0.5, 0.6) is 0 Å². The minimum absolute atomic E-state index is 0.505. The van der Waals surface area contributed by atoms with Crippen LogP contribution in [0.4, 0.5) is 11.4 Å². The molecule has 1 unspecified atom stereocenters. The Bertz CT molecular complexity index is 1320. The molecule has 158 valence electrons. The summed E-state index contributed by atoms with van der Waals surface area (Å²) >= 11 is 0. The van der Waals surface area contributed by atoms with Gasteiger partial charge in [-0.15, -0.1) is 0 Å². The molecule has 0 bridgehead atoms. The second kappa shape index (κ2) is 8.11. The highest BCUT2D eigenvalue weighted by Gasteiger charge is 2.48. The molecule has 1 atom stereocenters. The van der Waals surface area contributed by atoms with Crippen molar-refractivity contribution in [2.24, 2.45) is 0 Å². The normalized spacial score (nSPS) is 18.5. The predicted octanol–water partition coefficient (Wildman–Crippen LogP) is 8.05. The number of para-hydroxylation sites is 2. The molecule has 6 rings (SSSR count). The molecule has 0 aliphatic heterocycles. The van der Waals surface area contributed by atoms with Crippen molar-refractivity contribution >= 4 is 17.5 Å². The molecule has 0 heterocycles. The third-order valence-corrected chi connectivity index (χ3v) is 6.67. The molecule has 4 aromatic carbocycles. The van der Waals surface area contributed by atoms with E-state index in [0.717, 1.165) is 6.42 Å². The molecule has 0 aromatic heterocycles. The molecule has 4 aromatic rings. The van der Waals surface area contributed by atoms with Crippen molar-refractivity contribution in [1.82, 2.24) is 0 Å². The first-order valence-electron chi connectivity index (χ1n) is 11.5. The van der Waals surface area contributed by atoms with Gasteiger partial charge in [-0.25, -0.2) is 0 Å². The van der Waals surface area contributed by atoms with Crippen molar-refractivity contribution in [3.8, 4) is 0 Å². The van der Waals surface area contributed by atoms with Gasteiger partial charge in [0.2, 0.25) is 0 Å². The molecule has 2 aliphatic rings. The first-order chi connectivity index (χ1) is 16.4.